The van der Waals surface area contributed by atoms with Crippen molar-refractivity contribution >= 4 is 12.2 Å². The SMILES string of the molecule is NCNC(=O)OCC/C=C/CCOC(=O)NCN. The van der Waals surface area contributed by atoms with Gasteiger partial charge in [0, 0.05) is 0 Å². The van der Waals surface area contributed by atoms with Crippen molar-refractivity contribution in [3.63, 3.8) is 0 Å². The number of rotatable bonds is 8. The van der Waals surface area contributed by atoms with E-state index in [1.54, 1.807) is 0 Å². The van der Waals surface area contributed by atoms with Gasteiger partial charge in [0.25, 0.3) is 0 Å². The van der Waals surface area contributed by atoms with Crippen LogP contribution in [-0.2, 0) is 9.47 Å². The van der Waals surface area contributed by atoms with E-state index in [0.29, 0.717) is 12.8 Å². The molecule has 0 radical (unpaired) electrons. The third-order valence-corrected chi connectivity index (χ3v) is 1.69. The number of nitrogens with two attached hydrogens (primary N) is 2. The first kappa shape index (κ1) is 16.2. The van der Waals surface area contributed by atoms with Crippen LogP contribution < -0.4 is 22.1 Å². The maximum absolute atomic E-state index is 10.8. The van der Waals surface area contributed by atoms with Crippen molar-refractivity contribution in [1.29, 1.82) is 0 Å². The monoisotopic (exact) mass is 260 g/mol. The zero-order chi connectivity index (χ0) is 13.6. The smallest absolute Gasteiger partial charge is 0.408 e. The fraction of sp³-hybridized carbons (Fsp3) is 0.600. The normalized spacial score (nSPS) is 10.1. The van der Waals surface area contributed by atoms with Gasteiger partial charge < -0.3 is 31.6 Å². The summed E-state index contributed by atoms with van der Waals surface area (Å²) in [5, 5.41) is 4.60. The second-order valence-corrected chi connectivity index (χ2v) is 3.08. The van der Waals surface area contributed by atoms with Crippen LogP contribution in [0.1, 0.15) is 12.8 Å². The molecule has 0 unspecified atom stereocenters. The fourth-order valence-corrected chi connectivity index (χ4v) is 0.944. The van der Waals surface area contributed by atoms with Crippen LogP contribution in [0, 0.1) is 0 Å². The van der Waals surface area contributed by atoms with Crippen molar-refractivity contribution in [1.82, 2.24) is 10.6 Å². The van der Waals surface area contributed by atoms with E-state index in [1.807, 2.05) is 12.2 Å². The third-order valence-electron chi connectivity index (χ3n) is 1.69. The Bertz CT molecular complexity index is 245. The molecule has 0 aromatic carbocycles. The molecule has 18 heavy (non-hydrogen) atoms. The van der Waals surface area contributed by atoms with Crippen LogP contribution in [0.5, 0.6) is 0 Å². The van der Waals surface area contributed by atoms with Gasteiger partial charge in [0.2, 0.25) is 0 Å². The highest BCUT2D eigenvalue weighted by Crippen LogP contribution is 1.91. The largest absolute Gasteiger partial charge is 0.449 e. The van der Waals surface area contributed by atoms with Gasteiger partial charge >= 0.3 is 12.2 Å². The molecule has 0 atom stereocenters. The molecule has 0 aromatic heterocycles. The van der Waals surface area contributed by atoms with Crippen molar-refractivity contribution in [2.24, 2.45) is 11.5 Å². The molecular weight excluding hydrogens is 240 g/mol. The zero-order valence-corrected chi connectivity index (χ0v) is 10.2. The van der Waals surface area contributed by atoms with E-state index in [9.17, 15) is 9.59 Å². The van der Waals surface area contributed by atoms with E-state index in [2.05, 4.69) is 10.6 Å². The van der Waals surface area contributed by atoms with Crippen molar-refractivity contribution < 1.29 is 19.1 Å². The minimum Gasteiger partial charge on any atom is -0.449 e. The van der Waals surface area contributed by atoms with Crippen LogP contribution in [0.2, 0.25) is 0 Å². The van der Waals surface area contributed by atoms with Crippen LogP contribution in [0.25, 0.3) is 0 Å². The lowest BCUT2D eigenvalue weighted by molar-refractivity contribution is 0.146. The number of carbonyl (C=O) groups excluding carboxylic acids is 2. The average Bonchev–Trinajstić information content (AvgIpc) is 2.33. The predicted octanol–water partition coefficient (Wildman–Crippen LogP) is -0.392. The molecule has 0 bridgehead atoms. The van der Waals surface area contributed by atoms with E-state index < -0.39 is 12.2 Å². The zero-order valence-electron chi connectivity index (χ0n) is 10.2. The summed E-state index contributed by atoms with van der Waals surface area (Å²) in [5.74, 6) is 0. The first-order valence-corrected chi connectivity index (χ1v) is 5.57. The van der Waals surface area contributed by atoms with Crippen LogP contribution in [-0.4, -0.2) is 38.7 Å². The number of amides is 2. The number of hydrogen-bond donors (Lipinski definition) is 4. The maximum atomic E-state index is 10.8. The lowest BCUT2D eigenvalue weighted by atomic mass is 10.3. The molecule has 8 nitrogen and oxygen atoms in total. The van der Waals surface area contributed by atoms with Crippen molar-refractivity contribution in [2.45, 2.75) is 12.8 Å². The molecule has 0 aliphatic heterocycles. The summed E-state index contributed by atoms with van der Waals surface area (Å²) < 4.78 is 9.54. The van der Waals surface area contributed by atoms with Gasteiger partial charge in [0.15, 0.2) is 0 Å². The van der Waals surface area contributed by atoms with Gasteiger partial charge in [0.05, 0.1) is 26.6 Å². The van der Waals surface area contributed by atoms with Gasteiger partial charge in [-0.25, -0.2) is 9.59 Å². The Balaban J connectivity index is 3.33. The molecule has 0 aromatic rings. The lowest BCUT2D eigenvalue weighted by Crippen LogP contribution is -2.30. The lowest BCUT2D eigenvalue weighted by Gasteiger charge is -2.03. The van der Waals surface area contributed by atoms with Crippen LogP contribution in [0.4, 0.5) is 9.59 Å². The van der Waals surface area contributed by atoms with Crippen LogP contribution >= 0.6 is 0 Å². The van der Waals surface area contributed by atoms with Gasteiger partial charge in [0.1, 0.15) is 0 Å². The van der Waals surface area contributed by atoms with E-state index in [0.717, 1.165) is 0 Å². The summed E-state index contributed by atoms with van der Waals surface area (Å²) in [5.41, 5.74) is 10.2. The Kier molecular flexibility index (Phi) is 10.5. The first-order valence-electron chi connectivity index (χ1n) is 5.57. The number of alkyl carbamates (subject to hydrolysis) is 2. The van der Waals surface area contributed by atoms with Gasteiger partial charge in [-0.3, -0.25) is 0 Å². The highest BCUT2D eigenvalue weighted by atomic mass is 16.6. The third kappa shape index (κ3) is 10.7. The quantitative estimate of drug-likeness (QED) is 0.267. The predicted molar refractivity (Wildman–Crippen MR) is 65.5 cm³/mol. The Morgan fingerprint density at radius 1 is 0.889 bits per heavy atom. The Hall–Kier alpha value is -1.80. The van der Waals surface area contributed by atoms with Gasteiger partial charge in [-0.2, -0.15) is 0 Å². The molecule has 6 N–H and O–H groups in total. The second-order valence-electron chi connectivity index (χ2n) is 3.08. The Morgan fingerprint density at radius 2 is 1.28 bits per heavy atom. The maximum Gasteiger partial charge on any atom is 0.408 e. The van der Waals surface area contributed by atoms with Gasteiger partial charge in [-0.15, -0.1) is 0 Å². The van der Waals surface area contributed by atoms with E-state index in [4.69, 9.17) is 20.9 Å². The molecule has 104 valence electrons. The molecule has 0 saturated heterocycles. The minimum atomic E-state index is -0.535. The number of carbonyl (C=O) groups is 2. The first-order chi connectivity index (χ1) is 8.70. The molecule has 0 saturated carbocycles. The van der Waals surface area contributed by atoms with Gasteiger partial charge in [-0.05, 0) is 12.8 Å². The van der Waals surface area contributed by atoms with Crippen molar-refractivity contribution in [3.8, 4) is 0 Å². The number of ether oxygens (including phenoxy) is 2. The highest BCUT2D eigenvalue weighted by Gasteiger charge is 1.97. The summed E-state index contributed by atoms with van der Waals surface area (Å²) >= 11 is 0. The molecule has 0 heterocycles. The molecule has 0 aliphatic rings. The van der Waals surface area contributed by atoms with E-state index >= 15 is 0 Å². The van der Waals surface area contributed by atoms with Crippen molar-refractivity contribution in [2.75, 3.05) is 26.6 Å². The average molecular weight is 260 g/mol. The molecule has 8 heteroatoms. The summed E-state index contributed by atoms with van der Waals surface area (Å²) in [6.07, 6.45) is 3.78. The van der Waals surface area contributed by atoms with Gasteiger partial charge in [-0.1, -0.05) is 12.2 Å². The topological polar surface area (TPSA) is 129 Å². The molecular formula is C10H20N4O4. The number of nitrogens with one attached hydrogen (secondary N) is 2. The summed E-state index contributed by atoms with van der Waals surface area (Å²) in [4.78, 5) is 21.6. The molecule has 2 amide bonds. The molecule has 0 rings (SSSR count). The summed E-state index contributed by atoms with van der Waals surface area (Å²) in [6.45, 7) is 0.654. The molecule has 0 aliphatic carbocycles. The second kappa shape index (κ2) is 11.7. The highest BCUT2D eigenvalue weighted by molar-refractivity contribution is 5.67. The summed E-state index contributed by atoms with van der Waals surface area (Å²) in [6, 6.07) is 0. The van der Waals surface area contributed by atoms with Crippen LogP contribution in [0.15, 0.2) is 12.2 Å². The fourth-order valence-electron chi connectivity index (χ4n) is 0.944. The van der Waals surface area contributed by atoms with E-state index in [1.165, 1.54) is 0 Å². The number of hydrogen-bond acceptors (Lipinski definition) is 6. The standard InChI is InChI=1S/C10H20N4O4/c11-7-13-9(15)17-5-3-1-2-4-6-18-10(16)14-8-12/h1-2H,3-8,11-12H2,(H,13,15)(H,14,16)/b2-1+. The molecule has 0 fully saturated rings. The Morgan fingerprint density at radius 3 is 1.61 bits per heavy atom. The molecule has 0 spiro atoms. The minimum absolute atomic E-state index is 0.0525. The summed E-state index contributed by atoms with van der Waals surface area (Å²) in [7, 11) is 0. The Labute approximate surface area is 106 Å². The van der Waals surface area contributed by atoms with E-state index in [-0.39, 0.29) is 26.6 Å². The van der Waals surface area contributed by atoms with Crippen LogP contribution in [0.3, 0.4) is 0 Å². The van der Waals surface area contributed by atoms with Crippen molar-refractivity contribution in [3.05, 3.63) is 12.2 Å².